The zero-order chi connectivity index (χ0) is 31.6. The second kappa shape index (κ2) is 14.7. The van der Waals surface area contributed by atoms with E-state index in [-0.39, 0.29) is 35.5 Å². The Morgan fingerprint density at radius 2 is 0.905 bits per heavy atom. The van der Waals surface area contributed by atoms with E-state index in [0.29, 0.717) is 0 Å². The van der Waals surface area contributed by atoms with Crippen molar-refractivity contribution in [2.75, 3.05) is 26.4 Å². The molecule has 0 radical (unpaired) electrons. The molecule has 0 saturated carbocycles. The zero-order valence-electron chi connectivity index (χ0n) is 22.6. The number of carboxylic acid groups (broad SMARTS) is 2. The van der Waals surface area contributed by atoms with E-state index < -0.39 is 77.1 Å². The molecule has 0 spiro atoms. The second-order valence-electron chi connectivity index (χ2n) is 8.56. The molecule has 0 heterocycles. The third-order valence-corrected chi connectivity index (χ3v) is 5.26. The standard InChI is InChI=1S/C29H26O13/c1-15(2)26(35)39-9-11-41-28(37)21-13-17(5-7-19(21)24(31)32)23(30)18-6-8-20(25(33)34)22(14-18)29(38)42-12-10-40-27(36)16(3)4/h5-8,13-14H,1,3,9-12H2,2,4H3,(H,31,32)(H,33,34). The van der Waals surface area contributed by atoms with Gasteiger partial charge in [-0.15, -0.1) is 0 Å². The molecule has 2 aromatic rings. The fourth-order valence-electron chi connectivity index (χ4n) is 3.19. The van der Waals surface area contributed by atoms with Crippen LogP contribution >= 0.6 is 0 Å². The quantitative estimate of drug-likeness (QED) is 0.108. The van der Waals surface area contributed by atoms with Gasteiger partial charge in [0.2, 0.25) is 0 Å². The predicted molar refractivity (Wildman–Crippen MR) is 142 cm³/mol. The van der Waals surface area contributed by atoms with Crippen molar-refractivity contribution in [3.05, 3.63) is 94.1 Å². The molecule has 2 rings (SSSR count). The molecule has 13 nitrogen and oxygen atoms in total. The first-order valence-electron chi connectivity index (χ1n) is 12.0. The van der Waals surface area contributed by atoms with Gasteiger partial charge in [0.25, 0.3) is 0 Å². The van der Waals surface area contributed by atoms with Gasteiger partial charge < -0.3 is 29.2 Å². The third kappa shape index (κ3) is 8.71. The average Bonchev–Trinajstić information content (AvgIpc) is 2.95. The minimum absolute atomic E-state index is 0.123. The molecule has 0 aromatic heterocycles. The van der Waals surface area contributed by atoms with Crippen molar-refractivity contribution in [3.63, 3.8) is 0 Å². The minimum Gasteiger partial charge on any atom is -0.478 e. The van der Waals surface area contributed by atoms with Gasteiger partial charge in [0, 0.05) is 22.3 Å². The first-order valence-corrected chi connectivity index (χ1v) is 12.0. The summed E-state index contributed by atoms with van der Waals surface area (Å²) in [5.74, 6) is -7.43. The molecule has 0 aliphatic heterocycles. The van der Waals surface area contributed by atoms with Crippen molar-refractivity contribution < 1.29 is 62.7 Å². The number of carboxylic acids is 2. The molecular weight excluding hydrogens is 556 g/mol. The number of rotatable bonds is 14. The van der Waals surface area contributed by atoms with Gasteiger partial charge in [0.1, 0.15) is 26.4 Å². The maximum Gasteiger partial charge on any atom is 0.339 e. The van der Waals surface area contributed by atoms with Crippen molar-refractivity contribution in [3.8, 4) is 0 Å². The number of hydrogen-bond acceptors (Lipinski definition) is 11. The molecule has 0 fully saturated rings. The first-order chi connectivity index (χ1) is 19.7. The maximum atomic E-state index is 13.2. The van der Waals surface area contributed by atoms with E-state index >= 15 is 0 Å². The SMILES string of the molecule is C=C(C)C(=O)OCCOC(=O)c1cc(C(=O)c2ccc(C(=O)O)c(C(=O)OCCOC(=O)C(=C)C)c2)ccc1C(=O)O. The Morgan fingerprint density at radius 1 is 0.571 bits per heavy atom. The van der Waals surface area contributed by atoms with Crippen molar-refractivity contribution >= 4 is 41.6 Å². The van der Waals surface area contributed by atoms with Crippen LogP contribution in [-0.2, 0) is 28.5 Å². The molecule has 0 bridgehead atoms. The molecule has 0 atom stereocenters. The third-order valence-electron chi connectivity index (χ3n) is 5.26. The maximum absolute atomic E-state index is 13.2. The summed E-state index contributed by atoms with van der Waals surface area (Å²) in [6, 6.07) is 6.17. The van der Waals surface area contributed by atoms with Crippen LogP contribution in [-0.4, -0.2) is 78.2 Å². The molecule has 42 heavy (non-hydrogen) atoms. The van der Waals surface area contributed by atoms with Gasteiger partial charge in [-0.1, -0.05) is 25.3 Å². The van der Waals surface area contributed by atoms with Crippen LogP contribution in [0.5, 0.6) is 0 Å². The van der Waals surface area contributed by atoms with Crippen LogP contribution in [0.2, 0.25) is 0 Å². The van der Waals surface area contributed by atoms with Crippen LogP contribution in [0.25, 0.3) is 0 Å². The molecule has 0 unspecified atom stereocenters. The largest absolute Gasteiger partial charge is 0.478 e. The van der Waals surface area contributed by atoms with Crippen LogP contribution in [0.1, 0.15) is 71.2 Å². The number of benzene rings is 2. The fourth-order valence-corrected chi connectivity index (χ4v) is 3.19. The Morgan fingerprint density at radius 3 is 1.21 bits per heavy atom. The van der Waals surface area contributed by atoms with Crippen molar-refractivity contribution in [1.82, 2.24) is 0 Å². The molecular formula is C29H26O13. The molecule has 13 heteroatoms. The summed E-state index contributed by atoms with van der Waals surface area (Å²) >= 11 is 0. The zero-order valence-corrected chi connectivity index (χ0v) is 22.6. The highest BCUT2D eigenvalue weighted by molar-refractivity contribution is 6.13. The predicted octanol–water partition coefficient (Wildman–Crippen LogP) is 2.87. The summed E-state index contributed by atoms with van der Waals surface area (Å²) in [5, 5.41) is 19.0. The van der Waals surface area contributed by atoms with Crippen LogP contribution in [0.4, 0.5) is 0 Å². The highest BCUT2D eigenvalue weighted by atomic mass is 16.6. The number of ketones is 1. The van der Waals surface area contributed by atoms with Gasteiger partial charge in [0.15, 0.2) is 5.78 Å². The summed E-state index contributed by atoms with van der Waals surface area (Å²) in [6.45, 7) is 8.15. The summed E-state index contributed by atoms with van der Waals surface area (Å²) in [5.41, 5.74) is -2.04. The van der Waals surface area contributed by atoms with Crippen molar-refractivity contribution in [1.29, 1.82) is 0 Å². The van der Waals surface area contributed by atoms with Crippen LogP contribution in [0, 0.1) is 0 Å². The Kier molecular flexibility index (Phi) is 11.4. The van der Waals surface area contributed by atoms with E-state index in [4.69, 9.17) is 18.9 Å². The molecule has 0 aliphatic rings. The number of carbonyl (C=O) groups is 7. The van der Waals surface area contributed by atoms with Gasteiger partial charge in [-0.25, -0.2) is 28.8 Å². The van der Waals surface area contributed by atoms with Gasteiger partial charge in [0.05, 0.1) is 22.3 Å². The lowest BCUT2D eigenvalue weighted by atomic mass is 9.95. The Balaban J connectivity index is 2.29. The molecule has 0 saturated heterocycles. The lowest BCUT2D eigenvalue weighted by molar-refractivity contribution is -0.140. The minimum atomic E-state index is -1.49. The molecule has 0 amide bonds. The highest BCUT2D eigenvalue weighted by Crippen LogP contribution is 2.20. The summed E-state index contributed by atoms with van der Waals surface area (Å²) in [7, 11) is 0. The Hall–Kier alpha value is -5.59. The van der Waals surface area contributed by atoms with Crippen molar-refractivity contribution in [2.24, 2.45) is 0 Å². The second-order valence-corrected chi connectivity index (χ2v) is 8.56. The molecule has 220 valence electrons. The number of ether oxygens (including phenoxy) is 4. The smallest absolute Gasteiger partial charge is 0.339 e. The van der Waals surface area contributed by atoms with E-state index in [9.17, 15) is 43.8 Å². The number of aromatic carboxylic acids is 2. The van der Waals surface area contributed by atoms with Gasteiger partial charge in [-0.2, -0.15) is 0 Å². The summed E-state index contributed by atoms with van der Waals surface area (Å²) < 4.78 is 19.6. The number of esters is 4. The van der Waals surface area contributed by atoms with Gasteiger partial charge >= 0.3 is 35.8 Å². The van der Waals surface area contributed by atoms with Crippen LogP contribution in [0.15, 0.2) is 60.7 Å². The van der Waals surface area contributed by atoms with E-state index in [1.807, 2.05) is 0 Å². The van der Waals surface area contributed by atoms with E-state index in [1.165, 1.54) is 13.8 Å². The van der Waals surface area contributed by atoms with Crippen LogP contribution in [0.3, 0.4) is 0 Å². The monoisotopic (exact) mass is 582 g/mol. The lowest BCUT2D eigenvalue weighted by Gasteiger charge is -2.11. The highest BCUT2D eigenvalue weighted by Gasteiger charge is 2.24. The molecule has 2 aromatic carbocycles. The Labute approximate surface area is 238 Å². The Bertz CT molecular complexity index is 1370. The summed E-state index contributed by atoms with van der Waals surface area (Å²) in [6.07, 6.45) is 0. The van der Waals surface area contributed by atoms with E-state index in [2.05, 4.69) is 13.2 Å². The van der Waals surface area contributed by atoms with Gasteiger partial charge in [-0.3, -0.25) is 4.79 Å². The lowest BCUT2D eigenvalue weighted by Crippen LogP contribution is -2.18. The van der Waals surface area contributed by atoms with E-state index in [1.54, 1.807) is 0 Å². The van der Waals surface area contributed by atoms with E-state index in [0.717, 1.165) is 36.4 Å². The fraction of sp³-hybridized carbons (Fsp3) is 0.207. The van der Waals surface area contributed by atoms with Gasteiger partial charge in [-0.05, 0) is 38.1 Å². The first kappa shape index (κ1) is 32.6. The normalized spacial score (nSPS) is 10.1. The van der Waals surface area contributed by atoms with Crippen molar-refractivity contribution in [2.45, 2.75) is 13.8 Å². The van der Waals surface area contributed by atoms with Crippen LogP contribution < -0.4 is 0 Å². The number of hydrogen-bond donors (Lipinski definition) is 2. The summed E-state index contributed by atoms with van der Waals surface area (Å²) in [4.78, 5) is 84.6. The molecule has 0 aliphatic carbocycles. The average molecular weight is 583 g/mol. The number of carbonyl (C=O) groups excluding carboxylic acids is 5. The topological polar surface area (TPSA) is 197 Å². The molecule has 2 N–H and O–H groups in total.